The van der Waals surface area contributed by atoms with Gasteiger partial charge in [-0.25, -0.2) is 0 Å². The first-order valence-corrected chi connectivity index (χ1v) is 12.6. The van der Waals surface area contributed by atoms with Gasteiger partial charge in [0.15, 0.2) is 0 Å². The van der Waals surface area contributed by atoms with Crippen LogP contribution in [0.1, 0.15) is 33.6 Å². The highest BCUT2D eigenvalue weighted by molar-refractivity contribution is 5.69. The molecule has 0 aliphatic rings. The van der Waals surface area contributed by atoms with E-state index in [4.69, 9.17) is 53.5 Å². The summed E-state index contributed by atoms with van der Waals surface area (Å²) in [5, 5.41) is 8.81. The average Bonchev–Trinajstić information content (AvgIpc) is 2.80. The van der Waals surface area contributed by atoms with E-state index in [1.165, 1.54) is 0 Å². The maximum Gasteiger partial charge on any atom is 0.306 e. The van der Waals surface area contributed by atoms with Gasteiger partial charge < -0.3 is 53.5 Å². The van der Waals surface area contributed by atoms with Crippen molar-refractivity contribution in [2.24, 2.45) is 5.73 Å². The summed E-state index contributed by atoms with van der Waals surface area (Å²) in [4.78, 5) is 11.6. The molecule has 0 bridgehead atoms. The molecule has 1 atom stereocenters. The molecule has 0 saturated heterocycles. The third-order valence-electron chi connectivity index (χ3n) is 3.98. The first kappa shape index (κ1) is 35.1. The van der Waals surface area contributed by atoms with E-state index in [1.54, 1.807) is 0 Å². The van der Waals surface area contributed by atoms with Crippen LogP contribution in [0.5, 0.6) is 0 Å². The highest BCUT2D eigenvalue weighted by Crippen LogP contribution is 2.09. The van der Waals surface area contributed by atoms with Crippen LogP contribution in [0.3, 0.4) is 0 Å². The number of ether oxygens (including phenoxy) is 9. The van der Waals surface area contributed by atoms with Crippen LogP contribution in [0.15, 0.2) is 0 Å². The molecule has 0 aromatic rings. The molecule has 0 aliphatic heterocycles. The van der Waals surface area contributed by atoms with Crippen LogP contribution >= 0.6 is 0 Å². The van der Waals surface area contributed by atoms with Crippen LogP contribution in [0, 0.1) is 0 Å². The second-order valence-electron chi connectivity index (χ2n) is 8.62. The van der Waals surface area contributed by atoms with Crippen molar-refractivity contribution in [3.8, 4) is 0 Å². The van der Waals surface area contributed by atoms with Gasteiger partial charge in [0.1, 0.15) is 11.8 Å². The van der Waals surface area contributed by atoms with Crippen molar-refractivity contribution in [3.05, 3.63) is 0 Å². The Morgan fingerprint density at radius 1 is 0.611 bits per heavy atom. The minimum absolute atomic E-state index is 0.0990. The minimum atomic E-state index is -0.953. The first-order valence-electron chi connectivity index (χ1n) is 12.6. The monoisotopic (exact) mass is 527 g/mol. The van der Waals surface area contributed by atoms with Crippen molar-refractivity contribution in [1.82, 2.24) is 0 Å². The van der Waals surface area contributed by atoms with Crippen LogP contribution in [0.2, 0.25) is 0 Å². The van der Waals surface area contributed by atoms with E-state index in [0.717, 1.165) is 0 Å². The van der Waals surface area contributed by atoms with E-state index >= 15 is 0 Å². The molecule has 0 amide bonds. The Kier molecular flexibility index (Phi) is 25.0. The lowest BCUT2D eigenvalue weighted by molar-refractivity contribution is -0.155. The summed E-state index contributed by atoms with van der Waals surface area (Å²) >= 11 is 0. The fourth-order valence-corrected chi connectivity index (χ4v) is 2.45. The summed E-state index contributed by atoms with van der Waals surface area (Å²) in [6, 6.07) is 0. The Balaban J connectivity index is 3.10. The summed E-state index contributed by atoms with van der Waals surface area (Å²) in [5.74, 6) is -0.204. The molecule has 3 N–H and O–H groups in total. The SMILES string of the molecule is CC(C)(C)OC(=O)CCCOCCOCCOCCOCCOCCOCCOCCOCC(N)O. The largest absolute Gasteiger partial charge is 0.460 e. The standard InChI is InChI=1S/C24H49NO11/c1-24(2,3)36-23(27)5-4-6-28-7-8-29-9-10-30-11-12-31-13-14-32-15-16-33-17-18-34-19-20-35-21-22(25)26/h22,26H,4-21,25H2,1-3H3. The van der Waals surface area contributed by atoms with Crippen molar-refractivity contribution in [1.29, 1.82) is 0 Å². The summed E-state index contributed by atoms with van der Waals surface area (Å²) in [5.41, 5.74) is 4.69. The molecule has 216 valence electrons. The zero-order valence-electron chi connectivity index (χ0n) is 22.4. The third-order valence-corrected chi connectivity index (χ3v) is 3.98. The Morgan fingerprint density at radius 2 is 0.917 bits per heavy atom. The fraction of sp³-hybridized carbons (Fsp3) is 0.958. The molecular weight excluding hydrogens is 478 g/mol. The Hall–Kier alpha value is -0.930. The summed E-state index contributed by atoms with van der Waals surface area (Å²) < 4.78 is 48.1. The van der Waals surface area contributed by atoms with Crippen LogP contribution in [0.4, 0.5) is 0 Å². The Morgan fingerprint density at radius 3 is 1.22 bits per heavy atom. The maximum atomic E-state index is 11.6. The van der Waals surface area contributed by atoms with Gasteiger partial charge >= 0.3 is 5.97 Å². The molecule has 0 heterocycles. The van der Waals surface area contributed by atoms with Crippen LogP contribution in [-0.2, 0) is 47.4 Å². The molecule has 0 rings (SSSR count). The second kappa shape index (κ2) is 25.7. The van der Waals surface area contributed by atoms with Gasteiger partial charge in [-0.15, -0.1) is 0 Å². The number of aliphatic hydroxyl groups is 1. The van der Waals surface area contributed by atoms with Gasteiger partial charge in [-0.3, -0.25) is 4.79 Å². The topological polar surface area (TPSA) is 146 Å². The van der Waals surface area contributed by atoms with Crippen molar-refractivity contribution < 1.29 is 52.5 Å². The highest BCUT2D eigenvalue weighted by Gasteiger charge is 2.15. The average molecular weight is 528 g/mol. The molecule has 0 saturated carbocycles. The highest BCUT2D eigenvalue weighted by atomic mass is 16.6. The van der Waals surface area contributed by atoms with E-state index in [9.17, 15) is 4.79 Å². The number of esters is 1. The molecular formula is C24H49NO11. The van der Waals surface area contributed by atoms with Crippen molar-refractivity contribution in [2.45, 2.75) is 45.4 Å². The van der Waals surface area contributed by atoms with Gasteiger partial charge in [-0.05, 0) is 27.2 Å². The molecule has 0 aromatic heterocycles. The molecule has 0 fully saturated rings. The predicted octanol–water partition coefficient (Wildman–Crippen LogP) is 0.518. The molecule has 12 heteroatoms. The van der Waals surface area contributed by atoms with Gasteiger partial charge in [0.05, 0.1) is 99.1 Å². The summed E-state index contributed by atoms with van der Waals surface area (Å²) in [6.45, 7) is 12.8. The zero-order chi connectivity index (χ0) is 26.7. The molecule has 12 nitrogen and oxygen atoms in total. The first-order chi connectivity index (χ1) is 17.3. The number of hydrogen-bond acceptors (Lipinski definition) is 12. The summed E-state index contributed by atoms with van der Waals surface area (Å²) in [6.07, 6.45) is 0.0333. The quantitative estimate of drug-likeness (QED) is 0.0872. The molecule has 36 heavy (non-hydrogen) atoms. The van der Waals surface area contributed by atoms with Gasteiger partial charge in [0.2, 0.25) is 0 Å². The van der Waals surface area contributed by atoms with Crippen molar-refractivity contribution in [3.63, 3.8) is 0 Å². The molecule has 0 aliphatic carbocycles. The maximum absolute atomic E-state index is 11.6. The van der Waals surface area contributed by atoms with Gasteiger partial charge in [-0.1, -0.05) is 0 Å². The Bertz CT molecular complexity index is 475. The summed E-state index contributed by atoms with van der Waals surface area (Å²) in [7, 11) is 0. The molecule has 1 unspecified atom stereocenters. The number of carbonyl (C=O) groups is 1. The van der Waals surface area contributed by atoms with Gasteiger partial charge in [-0.2, -0.15) is 0 Å². The third kappa shape index (κ3) is 31.1. The molecule has 0 spiro atoms. The van der Waals surface area contributed by atoms with Crippen LogP contribution < -0.4 is 5.73 Å². The Labute approximate surface area is 215 Å². The number of aliphatic hydroxyl groups excluding tert-OH is 1. The predicted molar refractivity (Wildman–Crippen MR) is 132 cm³/mol. The van der Waals surface area contributed by atoms with E-state index in [-0.39, 0.29) is 12.6 Å². The normalized spacial score (nSPS) is 12.7. The zero-order valence-corrected chi connectivity index (χ0v) is 22.4. The number of nitrogens with two attached hydrogens (primary N) is 1. The molecule has 0 radical (unpaired) electrons. The van der Waals surface area contributed by atoms with E-state index in [0.29, 0.717) is 112 Å². The van der Waals surface area contributed by atoms with Crippen LogP contribution in [0.25, 0.3) is 0 Å². The number of hydrogen-bond donors (Lipinski definition) is 2. The number of carbonyl (C=O) groups excluding carboxylic acids is 1. The van der Waals surface area contributed by atoms with E-state index in [1.807, 2.05) is 20.8 Å². The smallest absolute Gasteiger partial charge is 0.306 e. The number of rotatable bonds is 27. The van der Waals surface area contributed by atoms with Crippen molar-refractivity contribution in [2.75, 3.05) is 106 Å². The van der Waals surface area contributed by atoms with E-state index < -0.39 is 11.8 Å². The lowest BCUT2D eigenvalue weighted by atomic mass is 10.2. The van der Waals surface area contributed by atoms with E-state index in [2.05, 4.69) is 0 Å². The minimum Gasteiger partial charge on any atom is -0.460 e. The van der Waals surface area contributed by atoms with Crippen molar-refractivity contribution >= 4 is 5.97 Å². The van der Waals surface area contributed by atoms with Crippen LogP contribution in [-0.4, -0.2) is 129 Å². The fourth-order valence-electron chi connectivity index (χ4n) is 2.45. The molecule has 0 aromatic carbocycles. The lowest BCUT2D eigenvalue weighted by Crippen LogP contribution is -2.26. The van der Waals surface area contributed by atoms with Gasteiger partial charge in [0, 0.05) is 13.0 Å². The lowest BCUT2D eigenvalue weighted by Gasteiger charge is -2.19. The second-order valence-corrected chi connectivity index (χ2v) is 8.62. The van der Waals surface area contributed by atoms with Gasteiger partial charge in [0.25, 0.3) is 0 Å².